The average Bonchev–Trinajstić information content (AvgIpc) is 3.14. The van der Waals surface area contributed by atoms with Crippen LogP contribution in [0.25, 0.3) is 0 Å². The van der Waals surface area contributed by atoms with Crippen molar-refractivity contribution in [2.75, 3.05) is 13.2 Å². The van der Waals surface area contributed by atoms with Gasteiger partial charge in [-0.15, -0.1) is 0 Å². The first-order valence-corrected chi connectivity index (χ1v) is 8.20. The maximum absolute atomic E-state index is 12.6. The van der Waals surface area contributed by atoms with Gasteiger partial charge < -0.3 is 14.2 Å². The van der Waals surface area contributed by atoms with Crippen LogP contribution in [0.3, 0.4) is 0 Å². The lowest BCUT2D eigenvalue weighted by Gasteiger charge is -2.19. The minimum atomic E-state index is -0.0120. The van der Waals surface area contributed by atoms with Crippen LogP contribution in [-0.4, -0.2) is 43.7 Å². The molecule has 0 unspecified atom stereocenters. The van der Waals surface area contributed by atoms with Crippen LogP contribution in [0.15, 0.2) is 18.6 Å². The molecular formula is C16H21N5O2. The number of aromatic nitrogens is 4. The molecule has 122 valence electrons. The number of imidazole rings is 1. The number of ether oxygens (including phenoxy) is 1. The SMILES string of the molecule is O=C(c1ccn[nH]1)N1CCCn2cnc(COCC3CC3)c2C1. The highest BCUT2D eigenvalue weighted by Gasteiger charge is 2.25. The fraction of sp³-hybridized carbons (Fsp3) is 0.562. The minimum absolute atomic E-state index is 0.0120. The monoisotopic (exact) mass is 315 g/mol. The van der Waals surface area contributed by atoms with Crippen molar-refractivity contribution in [3.05, 3.63) is 35.7 Å². The van der Waals surface area contributed by atoms with E-state index in [9.17, 15) is 4.79 Å². The number of nitrogens with one attached hydrogen (secondary N) is 1. The zero-order valence-electron chi connectivity index (χ0n) is 13.1. The van der Waals surface area contributed by atoms with Gasteiger partial charge >= 0.3 is 0 Å². The fourth-order valence-corrected chi connectivity index (χ4v) is 2.96. The van der Waals surface area contributed by atoms with Crippen molar-refractivity contribution in [2.24, 2.45) is 5.92 Å². The highest BCUT2D eigenvalue weighted by atomic mass is 16.5. The Hall–Kier alpha value is -2.15. The van der Waals surface area contributed by atoms with E-state index in [1.54, 1.807) is 12.3 Å². The molecule has 2 aromatic heterocycles. The third-order valence-electron chi connectivity index (χ3n) is 4.51. The van der Waals surface area contributed by atoms with Crippen molar-refractivity contribution in [3.63, 3.8) is 0 Å². The summed E-state index contributed by atoms with van der Waals surface area (Å²) in [6.07, 6.45) is 6.97. The van der Waals surface area contributed by atoms with Gasteiger partial charge in [0.1, 0.15) is 5.69 Å². The molecular weight excluding hydrogens is 294 g/mol. The number of carbonyl (C=O) groups is 1. The zero-order chi connectivity index (χ0) is 15.6. The van der Waals surface area contributed by atoms with E-state index in [1.807, 2.05) is 11.2 Å². The number of amides is 1. The molecule has 1 fully saturated rings. The zero-order valence-corrected chi connectivity index (χ0v) is 13.1. The summed E-state index contributed by atoms with van der Waals surface area (Å²) in [6, 6.07) is 1.71. The van der Waals surface area contributed by atoms with Crippen molar-refractivity contribution >= 4 is 5.91 Å². The van der Waals surface area contributed by atoms with Gasteiger partial charge in [0.2, 0.25) is 0 Å². The van der Waals surface area contributed by atoms with Crippen LogP contribution in [-0.2, 0) is 24.4 Å². The Morgan fingerprint density at radius 2 is 2.30 bits per heavy atom. The summed E-state index contributed by atoms with van der Waals surface area (Å²) in [5.74, 6) is 0.733. The van der Waals surface area contributed by atoms with Gasteiger partial charge in [0, 0.05) is 25.9 Å². The number of aryl methyl sites for hydroxylation is 1. The van der Waals surface area contributed by atoms with Crippen LogP contribution in [0, 0.1) is 5.92 Å². The van der Waals surface area contributed by atoms with Gasteiger partial charge in [-0.05, 0) is 31.2 Å². The molecule has 0 aromatic carbocycles. The van der Waals surface area contributed by atoms with E-state index in [0.717, 1.165) is 43.4 Å². The summed E-state index contributed by atoms with van der Waals surface area (Å²) in [7, 11) is 0. The molecule has 0 bridgehead atoms. The van der Waals surface area contributed by atoms with Gasteiger partial charge in [-0.1, -0.05) is 0 Å². The minimum Gasteiger partial charge on any atom is -0.375 e. The first-order chi connectivity index (χ1) is 11.3. The van der Waals surface area contributed by atoms with E-state index in [2.05, 4.69) is 19.7 Å². The third-order valence-corrected chi connectivity index (χ3v) is 4.51. The molecule has 0 radical (unpaired) electrons. The number of hydrogen-bond acceptors (Lipinski definition) is 4. The number of fused-ring (bicyclic) bond motifs is 1. The van der Waals surface area contributed by atoms with Gasteiger partial charge in [0.05, 0.1) is 30.9 Å². The standard InChI is InChI=1S/C16H21N5O2/c22-16(13-4-5-18-19-13)20-6-1-7-21-11-17-14(15(21)8-20)10-23-9-12-2-3-12/h4-5,11-12H,1-3,6-10H2,(H,18,19). The molecule has 1 saturated carbocycles. The molecule has 4 rings (SSSR count). The van der Waals surface area contributed by atoms with Gasteiger partial charge in [-0.25, -0.2) is 4.98 Å². The highest BCUT2D eigenvalue weighted by molar-refractivity contribution is 5.92. The molecule has 0 saturated heterocycles. The number of carbonyl (C=O) groups excluding carboxylic acids is 1. The van der Waals surface area contributed by atoms with Crippen molar-refractivity contribution in [1.82, 2.24) is 24.6 Å². The Morgan fingerprint density at radius 1 is 1.39 bits per heavy atom. The van der Waals surface area contributed by atoms with Crippen LogP contribution in [0.4, 0.5) is 0 Å². The molecule has 7 heteroatoms. The van der Waals surface area contributed by atoms with E-state index in [4.69, 9.17) is 4.74 Å². The maximum atomic E-state index is 12.6. The molecule has 2 aromatic rings. The lowest BCUT2D eigenvalue weighted by atomic mass is 10.2. The van der Waals surface area contributed by atoms with Crippen LogP contribution in [0.1, 0.15) is 41.1 Å². The van der Waals surface area contributed by atoms with Gasteiger partial charge in [-0.2, -0.15) is 5.10 Å². The molecule has 1 aliphatic carbocycles. The van der Waals surface area contributed by atoms with E-state index >= 15 is 0 Å². The quantitative estimate of drug-likeness (QED) is 0.909. The van der Waals surface area contributed by atoms with E-state index < -0.39 is 0 Å². The second-order valence-corrected chi connectivity index (χ2v) is 6.34. The maximum Gasteiger partial charge on any atom is 0.272 e. The van der Waals surface area contributed by atoms with Crippen molar-refractivity contribution in [1.29, 1.82) is 0 Å². The van der Waals surface area contributed by atoms with Crippen LogP contribution >= 0.6 is 0 Å². The Balaban J connectivity index is 1.48. The Morgan fingerprint density at radius 3 is 3.09 bits per heavy atom. The molecule has 1 aliphatic heterocycles. The highest BCUT2D eigenvalue weighted by Crippen LogP contribution is 2.29. The Bertz CT molecular complexity index is 675. The topological polar surface area (TPSA) is 76.0 Å². The number of H-pyrrole nitrogens is 1. The normalized spacial score (nSPS) is 17.8. The van der Waals surface area contributed by atoms with Crippen LogP contribution < -0.4 is 0 Å². The van der Waals surface area contributed by atoms with E-state index in [-0.39, 0.29) is 5.91 Å². The lowest BCUT2D eigenvalue weighted by Crippen LogP contribution is -2.31. The number of aromatic amines is 1. The molecule has 2 aliphatic rings. The van der Waals surface area contributed by atoms with Gasteiger partial charge in [0.25, 0.3) is 5.91 Å². The van der Waals surface area contributed by atoms with Crippen molar-refractivity contribution in [3.8, 4) is 0 Å². The smallest absolute Gasteiger partial charge is 0.272 e. The largest absolute Gasteiger partial charge is 0.375 e. The Labute approximate surface area is 134 Å². The molecule has 3 heterocycles. The number of hydrogen-bond donors (Lipinski definition) is 1. The summed E-state index contributed by atoms with van der Waals surface area (Å²) in [4.78, 5) is 18.9. The summed E-state index contributed by atoms with van der Waals surface area (Å²) >= 11 is 0. The second kappa shape index (κ2) is 6.16. The summed E-state index contributed by atoms with van der Waals surface area (Å²) in [6.45, 7) is 3.55. The number of rotatable bonds is 5. The molecule has 23 heavy (non-hydrogen) atoms. The first kappa shape index (κ1) is 14.4. The Kier molecular flexibility index (Phi) is 3.87. The fourth-order valence-electron chi connectivity index (χ4n) is 2.96. The third kappa shape index (κ3) is 3.14. The summed E-state index contributed by atoms with van der Waals surface area (Å²) in [5, 5.41) is 6.62. The molecule has 1 amide bonds. The summed E-state index contributed by atoms with van der Waals surface area (Å²) < 4.78 is 7.93. The van der Waals surface area contributed by atoms with Gasteiger partial charge in [-0.3, -0.25) is 9.89 Å². The second-order valence-electron chi connectivity index (χ2n) is 6.34. The predicted molar refractivity (Wildman–Crippen MR) is 82.6 cm³/mol. The molecule has 0 spiro atoms. The van der Waals surface area contributed by atoms with E-state index in [1.165, 1.54) is 12.8 Å². The van der Waals surface area contributed by atoms with Crippen LogP contribution in [0.5, 0.6) is 0 Å². The lowest BCUT2D eigenvalue weighted by molar-refractivity contribution is 0.0735. The molecule has 0 atom stereocenters. The van der Waals surface area contributed by atoms with Crippen LogP contribution in [0.2, 0.25) is 0 Å². The van der Waals surface area contributed by atoms with Gasteiger partial charge in [0.15, 0.2) is 0 Å². The molecule has 7 nitrogen and oxygen atoms in total. The summed E-state index contributed by atoms with van der Waals surface area (Å²) in [5.41, 5.74) is 2.57. The van der Waals surface area contributed by atoms with E-state index in [0.29, 0.717) is 18.8 Å². The number of nitrogens with zero attached hydrogens (tertiary/aromatic N) is 4. The van der Waals surface area contributed by atoms with Crippen molar-refractivity contribution in [2.45, 2.75) is 39.0 Å². The predicted octanol–water partition coefficient (Wildman–Crippen LogP) is 1.58. The average molecular weight is 315 g/mol. The molecule has 1 N–H and O–H groups in total. The first-order valence-electron chi connectivity index (χ1n) is 8.20. The van der Waals surface area contributed by atoms with Crippen molar-refractivity contribution < 1.29 is 9.53 Å².